The first-order chi connectivity index (χ1) is 29.6. The maximum Gasteiger partial charge on any atom is 0.0583 e. The average Bonchev–Trinajstić information content (AvgIpc) is 3.52. The number of benzene rings is 6. The largest absolute Gasteiger partial charge is 0.334 e. The third-order valence-electron chi connectivity index (χ3n) is 14.7. The van der Waals surface area contributed by atoms with Gasteiger partial charge in [0.1, 0.15) is 0 Å². The molecule has 10 rings (SSSR count). The Morgan fingerprint density at radius 3 is 1.56 bits per heavy atom. The van der Waals surface area contributed by atoms with Crippen molar-refractivity contribution in [3.63, 3.8) is 0 Å². The maximum atomic E-state index is 2.70. The number of anilines is 5. The van der Waals surface area contributed by atoms with Crippen molar-refractivity contribution in [2.45, 2.75) is 131 Å². The van der Waals surface area contributed by atoms with Crippen molar-refractivity contribution in [1.29, 1.82) is 0 Å². The first kappa shape index (κ1) is 41.2. The van der Waals surface area contributed by atoms with Crippen LogP contribution in [0, 0.1) is 27.7 Å². The van der Waals surface area contributed by atoms with Crippen molar-refractivity contribution in [3.05, 3.63) is 176 Å². The van der Waals surface area contributed by atoms with Crippen LogP contribution in [0.1, 0.15) is 126 Å². The summed E-state index contributed by atoms with van der Waals surface area (Å²) in [5.74, 6) is 0. The number of fused-ring (bicyclic) bond motifs is 1. The predicted octanol–water partition coefficient (Wildman–Crippen LogP) is 14.4. The van der Waals surface area contributed by atoms with Crippen LogP contribution >= 0.6 is 0 Å². The van der Waals surface area contributed by atoms with Gasteiger partial charge in [-0.3, -0.25) is 0 Å². The van der Waals surface area contributed by atoms with Gasteiger partial charge in [0.15, 0.2) is 0 Å². The minimum absolute atomic E-state index is 0.0604. The van der Waals surface area contributed by atoms with Crippen LogP contribution in [0.2, 0.25) is 0 Å². The summed E-state index contributed by atoms with van der Waals surface area (Å²) < 4.78 is 2.70. The van der Waals surface area contributed by atoms with E-state index < -0.39 is 0 Å². The monoisotopic (exact) mass is 828 g/mol. The molecule has 1 aliphatic carbocycles. The minimum Gasteiger partial charge on any atom is -0.334 e. The van der Waals surface area contributed by atoms with Crippen LogP contribution in [0.3, 0.4) is 0 Å². The molecule has 0 fully saturated rings. The van der Waals surface area contributed by atoms with E-state index in [0.29, 0.717) is 0 Å². The molecule has 3 nitrogen and oxygen atoms in total. The molecule has 3 heteroatoms. The molecule has 0 spiro atoms. The highest BCUT2D eigenvalue weighted by atomic mass is 15.2. The average molecular weight is 828 g/mol. The molecule has 0 amide bonds. The van der Waals surface area contributed by atoms with Crippen molar-refractivity contribution in [2.24, 2.45) is 0 Å². The molecule has 6 aromatic carbocycles. The number of rotatable bonds is 6. The lowest BCUT2D eigenvalue weighted by molar-refractivity contribution is 0.584. The summed E-state index contributed by atoms with van der Waals surface area (Å²) in [5, 5.41) is 4.08. The molecule has 1 atom stereocenters. The standard InChI is InChI=1S/C60H65N3/c1-36-26-37(2)29-44(28-36)61(42-22-18-40(19-23-42)57(5,6)7)46-32-48-49-33-47(62(45-30-38(3)27-39(4)31-45)43-24-20-41(21-25-43)58(8,9)10)35-53-55(49)63-54(48)52(34-46)59(11,12)50-16-15-17-51(56(50)63)60(53,13)14/h15-34,47H,35H2,1-14H3. The quantitative estimate of drug-likeness (QED) is 0.165. The molecule has 3 heterocycles. The Bertz CT molecular complexity index is 3100. The van der Waals surface area contributed by atoms with Gasteiger partial charge in [-0.1, -0.05) is 130 Å². The number of hydrogen-bond donors (Lipinski definition) is 0. The van der Waals surface area contributed by atoms with Crippen molar-refractivity contribution >= 4 is 51.0 Å². The molecule has 1 unspecified atom stereocenters. The minimum atomic E-state index is -0.242. The second-order valence-electron chi connectivity index (χ2n) is 22.3. The number of aryl methyl sites for hydroxylation is 4. The number of nitrogens with zero attached hydrogens (tertiary/aromatic N) is 3. The lowest BCUT2D eigenvalue weighted by Crippen LogP contribution is -2.49. The molecule has 320 valence electrons. The van der Waals surface area contributed by atoms with Gasteiger partial charge in [0.2, 0.25) is 0 Å². The van der Waals surface area contributed by atoms with Crippen LogP contribution < -0.4 is 20.4 Å². The van der Waals surface area contributed by atoms with Gasteiger partial charge >= 0.3 is 0 Å². The van der Waals surface area contributed by atoms with Crippen LogP contribution in [0.25, 0.3) is 28.2 Å². The lowest BCUT2D eigenvalue weighted by atomic mass is 9.67. The predicted molar refractivity (Wildman–Crippen MR) is 270 cm³/mol. The normalized spacial score (nSPS) is 16.9. The van der Waals surface area contributed by atoms with Crippen molar-refractivity contribution in [1.82, 2.24) is 4.57 Å². The number of hydrogen-bond acceptors (Lipinski definition) is 2. The molecular weight excluding hydrogens is 763 g/mol. The van der Waals surface area contributed by atoms with E-state index in [9.17, 15) is 0 Å². The Labute approximate surface area is 376 Å². The Balaban J connectivity index is 1.30. The fraction of sp³-hybridized carbons (Fsp3) is 0.333. The molecule has 0 radical (unpaired) electrons. The highest BCUT2D eigenvalue weighted by Crippen LogP contribution is 2.53. The highest BCUT2D eigenvalue weighted by molar-refractivity contribution is 5.98. The van der Waals surface area contributed by atoms with Gasteiger partial charge in [0.05, 0.1) is 22.6 Å². The first-order valence-corrected chi connectivity index (χ1v) is 23.2. The smallest absolute Gasteiger partial charge is 0.0583 e. The zero-order valence-electron chi connectivity index (χ0n) is 40.2. The van der Waals surface area contributed by atoms with Crippen LogP contribution in [-0.2, 0) is 21.7 Å². The van der Waals surface area contributed by atoms with E-state index in [1.54, 1.807) is 0 Å². The fourth-order valence-electron chi connectivity index (χ4n) is 11.5. The molecule has 2 aliphatic heterocycles. The molecule has 7 aromatic rings. The zero-order valence-corrected chi connectivity index (χ0v) is 40.2. The molecule has 0 saturated carbocycles. The van der Waals surface area contributed by atoms with Gasteiger partial charge in [0, 0.05) is 49.9 Å². The molecule has 1 aromatic heterocycles. The Hall–Kier alpha value is -5.80. The van der Waals surface area contributed by atoms with Gasteiger partial charge in [-0.05, 0) is 161 Å². The summed E-state index contributed by atoms with van der Waals surface area (Å²) in [6.07, 6.45) is 3.57. The van der Waals surface area contributed by atoms with Crippen molar-refractivity contribution in [3.8, 4) is 5.69 Å². The van der Waals surface area contributed by atoms with E-state index in [2.05, 4.69) is 233 Å². The molecular formula is C60H65N3. The van der Waals surface area contributed by atoms with E-state index in [-0.39, 0.29) is 27.7 Å². The van der Waals surface area contributed by atoms with Crippen LogP contribution in [-0.4, -0.2) is 10.6 Å². The highest BCUT2D eigenvalue weighted by Gasteiger charge is 2.45. The number of aromatic nitrogens is 1. The van der Waals surface area contributed by atoms with E-state index in [1.165, 1.54) is 111 Å². The summed E-state index contributed by atoms with van der Waals surface area (Å²) in [4.78, 5) is 5.15. The third-order valence-corrected chi connectivity index (χ3v) is 14.7. The van der Waals surface area contributed by atoms with Gasteiger partial charge < -0.3 is 14.4 Å². The summed E-state index contributed by atoms with van der Waals surface area (Å²) in [5.41, 5.74) is 22.0. The number of para-hydroxylation sites is 1. The fourth-order valence-corrected chi connectivity index (χ4v) is 11.5. The van der Waals surface area contributed by atoms with Crippen molar-refractivity contribution < 1.29 is 0 Å². The van der Waals surface area contributed by atoms with E-state index in [4.69, 9.17) is 0 Å². The van der Waals surface area contributed by atoms with Gasteiger partial charge in [-0.25, -0.2) is 0 Å². The molecule has 0 saturated heterocycles. The molecule has 3 aliphatic rings. The summed E-state index contributed by atoms with van der Waals surface area (Å²) in [7, 11) is 0. The van der Waals surface area contributed by atoms with E-state index in [0.717, 1.165) is 6.42 Å². The summed E-state index contributed by atoms with van der Waals surface area (Å²) in [6, 6.07) is 45.1. The van der Waals surface area contributed by atoms with Gasteiger partial charge in [0.25, 0.3) is 0 Å². The zero-order chi connectivity index (χ0) is 44.7. The van der Waals surface area contributed by atoms with E-state index >= 15 is 0 Å². The lowest BCUT2D eigenvalue weighted by Gasteiger charge is -2.44. The Morgan fingerprint density at radius 1 is 0.524 bits per heavy atom. The van der Waals surface area contributed by atoms with Gasteiger partial charge in [-0.2, -0.15) is 0 Å². The Kier molecular flexibility index (Phi) is 9.06. The van der Waals surface area contributed by atoms with Gasteiger partial charge in [-0.15, -0.1) is 0 Å². The molecule has 0 N–H and O–H groups in total. The molecule has 0 bridgehead atoms. The van der Waals surface area contributed by atoms with E-state index in [1.807, 2.05) is 0 Å². The Morgan fingerprint density at radius 2 is 1.02 bits per heavy atom. The second kappa shape index (κ2) is 13.8. The SMILES string of the molecule is Cc1cc(C)cc(N(c2ccc(C(C)(C)C)cc2)c2cc3c4c(c2)c2c5n4-c4c(cccc4C3(C)C)C(C)(C)C=5CC(N(c3ccc(C(C)(C)C)cc3)c3cc(C)cc(C)c3)C=2)c1. The van der Waals surface area contributed by atoms with Crippen LogP contribution in [0.4, 0.5) is 28.4 Å². The van der Waals surface area contributed by atoms with Crippen molar-refractivity contribution in [2.75, 3.05) is 9.80 Å². The van der Waals surface area contributed by atoms with Crippen LogP contribution in [0.5, 0.6) is 0 Å². The topological polar surface area (TPSA) is 11.4 Å². The second-order valence-corrected chi connectivity index (χ2v) is 22.3. The summed E-state index contributed by atoms with van der Waals surface area (Å²) >= 11 is 0. The maximum absolute atomic E-state index is 2.70. The molecule has 63 heavy (non-hydrogen) atoms. The first-order valence-electron chi connectivity index (χ1n) is 23.2. The third kappa shape index (κ3) is 6.43. The van der Waals surface area contributed by atoms with Crippen LogP contribution in [0.15, 0.2) is 115 Å². The summed E-state index contributed by atoms with van der Waals surface area (Å²) in [6.45, 7) is 32.6.